The van der Waals surface area contributed by atoms with Gasteiger partial charge in [0.25, 0.3) is 0 Å². The van der Waals surface area contributed by atoms with Crippen molar-refractivity contribution in [2.75, 3.05) is 0 Å². The first-order valence-corrected chi connectivity index (χ1v) is 17.8. The summed E-state index contributed by atoms with van der Waals surface area (Å²) in [4.78, 5) is 15.1. The van der Waals surface area contributed by atoms with E-state index in [0.29, 0.717) is 17.5 Å². The number of rotatable bonds is 4. The summed E-state index contributed by atoms with van der Waals surface area (Å²) in [6, 6.07) is 54.8. The average Bonchev–Trinajstić information content (AvgIpc) is 3.87. The topological polar surface area (TPSA) is 56.7 Å². The molecule has 0 aliphatic rings. The van der Waals surface area contributed by atoms with E-state index in [-0.39, 0.29) is 0 Å². The molecule has 0 bridgehead atoms. The van der Waals surface area contributed by atoms with Gasteiger partial charge in [-0.25, -0.2) is 15.0 Å². The van der Waals surface area contributed by atoms with Gasteiger partial charge in [-0.2, -0.15) is 0 Å². The fraction of sp³-hybridized carbons (Fsp3) is 0. The van der Waals surface area contributed by atoms with Crippen LogP contribution >= 0.6 is 11.3 Å². The van der Waals surface area contributed by atoms with Crippen LogP contribution in [0.15, 0.2) is 162 Å². The van der Waals surface area contributed by atoms with Crippen LogP contribution in [0.25, 0.3) is 104 Å². The number of aromatic nitrogens is 4. The lowest BCUT2D eigenvalue weighted by Crippen LogP contribution is -2.00. The molecule has 0 amide bonds. The Balaban J connectivity index is 1.12. The van der Waals surface area contributed by atoms with Crippen LogP contribution in [0.4, 0.5) is 0 Å². The highest BCUT2D eigenvalue weighted by molar-refractivity contribution is 7.27. The Morgan fingerprint density at radius 3 is 1.75 bits per heavy atom. The Kier molecular flexibility index (Phi) is 6.05. The highest BCUT2D eigenvalue weighted by Gasteiger charge is 2.20. The van der Waals surface area contributed by atoms with E-state index in [1.165, 1.54) is 31.2 Å². The molecule has 0 N–H and O–H groups in total. The molecule has 51 heavy (non-hydrogen) atoms. The van der Waals surface area contributed by atoms with Crippen molar-refractivity contribution in [2.45, 2.75) is 0 Å². The van der Waals surface area contributed by atoms with Gasteiger partial charge in [-0.15, -0.1) is 11.3 Å². The first kappa shape index (κ1) is 28.2. The predicted molar refractivity (Wildman–Crippen MR) is 211 cm³/mol. The summed E-state index contributed by atoms with van der Waals surface area (Å²) >= 11 is 1.79. The van der Waals surface area contributed by atoms with Crippen molar-refractivity contribution in [2.24, 2.45) is 0 Å². The first-order chi connectivity index (χ1) is 25.3. The number of para-hydroxylation sites is 2. The summed E-state index contributed by atoms with van der Waals surface area (Å²) in [7, 11) is 0. The van der Waals surface area contributed by atoms with E-state index < -0.39 is 0 Å². The zero-order valence-corrected chi connectivity index (χ0v) is 27.9. The summed E-state index contributed by atoms with van der Waals surface area (Å²) in [5, 5.41) is 7.02. The maximum absolute atomic E-state index is 6.62. The molecule has 0 radical (unpaired) electrons. The second-order valence-corrected chi connectivity index (χ2v) is 13.8. The minimum atomic E-state index is 0.651. The van der Waals surface area contributed by atoms with Gasteiger partial charge in [0.05, 0.1) is 11.0 Å². The average molecular weight is 671 g/mol. The third-order valence-corrected chi connectivity index (χ3v) is 11.0. The van der Waals surface area contributed by atoms with Crippen molar-refractivity contribution in [3.63, 3.8) is 0 Å². The Hall–Kier alpha value is -6.63. The molecule has 0 spiro atoms. The van der Waals surface area contributed by atoms with Gasteiger partial charge in [-0.05, 0) is 42.5 Å². The number of hydrogen-bond donors (Lipinski definition) is 0. The normalized spacial score (nSPS) is 11.9. The second kappa shape index (κ2) is 10.9. The number of hydrogen-bond acceptors (Lipinski definition) is 5. The molecule has 238 valence electrons. The van der Waals surface area contributed by atoms with E-state index >= 15 is 0 Å². The number of nitrogens with zero attached hydrogens (tertiary/aromatic N) is 4. The molecule has 7 aromatic carbocycles. The Bertz CT molecular complexity index is 3030. The molecule has 4 heterocycles. The third-order valence-electron chi connectivity index (χ3n) is 9.86. The molecule has 11 aromatic rings. The lowest BCUT2D eigenvalue weighted by atomic mass is 10.0. The number of fused-ring (bicyclic) bond motifs is 10. The summed E-state index contributed by atoms with van der Waals surface area (Å²) < 4.78 is 11.3. The van der Waals surface area contributed by atoms with E-state index in [4.69, 9.17) is 19.4 Å². The number of benzene rings is 7. The third kappa shape index (κ3) is 4.30. The van der Waals surface area contributed by atoms with Gasteiger partial charge in [0.1, 0.15) is 11.2 Å². The highest BCUT2D eigenvalue weighted by Crippen LogP contribution is 2.45. The highest BCUT2D eigenvalue weighted by atomic mass is 32.1. The maximum Gasteiger partial charge on any atom is 0.164 e. The van der Waals surface area contributed by atoms with Crippen LogP contribution in [0.2, 0.25) is 0 Å². The summed E-state index contributed by atoms with van der Waals surface area (Å²) in [6.45, 7) is 0. The minimum absolute atomic E-state index is 0.651. The van der Waals surface area contributed by atoms with Gasteiger partial charge in [-0.3, -0.25) is 0 Å². The zero-order chi connectivity index (χ0) is 33.5. The maximum atomic E-state index is 6.62. The van der Waals surface area contributed by atoms with Crippen molar-refractivity contribution < 1.29 is 4.42 Å². The summed E-state index contributed by atoms with van der Waals surface area (Å²) in [5.74, 6) is 1.96. The van der Waals surface area contributed by atoms with Crippen molar-refractivity contribution in [3.8, 4) is 39.9 Å². The van der Waals surface area contributed by atoms with Crippen molar-refractivity contribution >= 4 is 75.3 Å². The molecule has 4 aromatic heterocycles. The van der Waals surface area contributed by atoms with Crippen LogP contribution in [-0.4, -0.2) is 19.5 Å². The minimum Gasteiger partial charge on any atom is -0.456 e. The molecule has 11 rings (SSSR count). The van der Waals surface area contributed by atoms with E-state index in [1.807, 2.05) is 60.7 Å². The van der Waals surface area contributed by atoms with E-state index in [9.17, 15) is 0 Å². The Labute approximate surface area is 295 Å². The fourth-order valence-electron chi connectivity index (χ4n) is 7.59. The smallest absolute Gasteiger partial charge is 0.164 e. The van der Waals surface area contributed by atoms with Crippen LogP contribution in [0.3, 0.4) is 0 Å². The molecule has 0 saturated heterocycles. The Morgan fingerprint density at radius 1 is 0.451 bits per heavy atom. The SMILES string of the molecule is c1ccc(-c2nc(-c3ccccc3)nc(-c3cccc4sc5c(ccc6oc7cc(-n8c9ccccc9c9ccccc98)ccc7c65)c34)n2)cc1. The zero-order valence-electron chi connectivity index (χ0n) is 27.1. The molecule has 0 unspecified atom stereocenters. The van der Waals surface area contributed by atoms with Crippen LogP contribution in [0.1, 0.15) is 0 Å². The number of thiophene rings is 1. The fourth-order valence-corrected chi connectivity index (χ4v) is 8.87. The largest absolute Gasteiger partial charge is 0.456 e. The van der Waals surface area contributed by atoms with Crippen molar-refractivity contribution in [1.82, 2.24) is 19.5 Å². The van der Waals surface area contributed by atoms with Crippen LogP contribution < -0.4 is 0 Å². The van der Waals surface area contributed by atoms with Crippen LogP contribution in [0.5, 0.6) is 0 Å². The molecule has 0 aliphatic carbocycles. The summed E-state index contributed by atoms with van der Waals surface area (Å²) in [5.41, 5.74) is 8.06. The second-order valence-electron chi connectivity index (χ2n) is 12.8. The molecule has 0 aliphatic heterocycles. The van der Waals surface area contributed by atoms with Crippen molar-refractivity contribution in [3.05, 3.63) is 158 Å². The van der Waals surface area contributed by atoms with E-state index in [1.54, 1.807) is 11.3 Å². The monoisotopic (exact) mass is 670 g/mol. The van der Waals surface area contributed by atoms with Crippen LogP contribution in [0, 0.1) is 0 Å². The molecular formula is C45H26N4OS. The molecule has 0 saturated carbocycles. The molecule has 0 fully saturated rings. The molecular weight excluding hydrogens is 645 g/mol. The summed E-state index contributed by atoms with van der Waals surface area (Å²) in [6.07, 6.45) is 0. The van der Waals surface area contributed by atoms with Gasteiger partial charge in [0, 0.05) is 70.2 Å². The predicted octanol–water partition coefficient (Wildman–Crippen LogP) is 12.2. The lowest BCUT2D eigenvalue weighted by Gasteiger charge is -2.09. The van der Waals surface area contributed by atoms with E-state index in [0.717, 1.165) is 55.1 Å². The van der Waals surface area contributed by atoms with Crippen LogP contribution in [-0.2, 0) is 0 Å². The van der Waals surface area contributed by atoms with E-state index in [2.05, 4.69) is 102 Å². The van der Waals surface area contributed by atoms with Gasteiger partial charge in [-0.1, -0.05) is 109 Å². The van der Waals surface area contributed by atoms with Gasteiger partial charge < -0.3 is 8.98 Å². The van der Waals surface area contributed by atoms with Crippen molar-refractivity contribution in [1.29, 1.82) is 0 Å². The quantitative estimate of drug-likeness (QED) is 0.187. The Morgan fingerprint density at radius 2 is 1.06 bits per heavy atom. The number of furan rings is 1. The molecule has 5 nitrogen and oxygen atoms in total. The standard InChI is InChI=1S/C45H26N4OS/c1-3-12-27(13-4-1)43-46-44(28-14-5-2-6-15-28)48-45(47-43)34-18-11-21-39-40(34)33-24-25-37-41(42(33)51-39)32-23-22-29(26-38(32)50-37)49-35-19-9-7-16-30(35)31-17-8-10-20-36(31)49/h1-26H. The van der Waals surface area contributed by atoms with Gasteiger partial charge in [0.2, 0.25) is 0 Å². The lowest BCUT2D eigenvalue weighted by molar-refractivity contribution is 0.669. The first-order valence-electron chi connectivity index (χ1n) is 16.9. The molecule has 6 heteroatoms. The van der Waals surface area contributed by atoms with Gasteiger partial charge in [0.15, 0.2) is 17.5 Å². The molecule has 0 atom stereocenters. The van der Waals surface area contributed by atoms with Gasteiger partial charge >= 0.3 is 0 Å².